The molecule has 0 saturated carbocycles. The van der Waals surface area contributed by atoms with Crippen LogP contribution in [0.3, 0.4) is 0 Å². The van der Waals surface area contributed by atoms with Gasteiger partial charge < -0.3 is 19.7 Å². The highest BCUT2D eigenvalue weighted by Crippen LogP contribution is 2.15. The van der Waals surface area contributed by atoms with E-state index >= 15 is 0 Å². The molecule has 1 fully saturated rings. The van der Waals surface area contributed by atoms with Gasteiger partial charge in [-0.05, 0) is 43.0 Å². The average molecular weight is 509 g/mol. The minimum atomic E-state index is 0. The third-order valence-corrected chi connectivity index (χ3v) is 4.98. The van der Waals surface area contributed by atoms with Crippen molar-refractivity contribution in [2.24, 2.45) is 4.99 Å². The number of para-hydroxylation sites is 1. The molecule has 158 valence electrons. The first-order valence-electron chi connectivity index (χ1n) is 10.1. The molecule has 1 aliphatic rings. The molecule has 0 atom stereocenters. The van der Waals surface area contributed by atoms with E-state index in [4.69, 9.17) is 9.47 Å². The fourth-order valence-corrected chi connectivity index (χ4v) is 3.42. The summed E-state index contributed by atoms with van der Waals surface area (Å²) in [5, 5.41) is 3.48. The van der Waals surface area contributed by atoms with Gasteiger partial charge in [0.1, 0.15) is 12.4 Å². The van der Waals surface area contributed by atoms with Crippen LogP contribution < -0.4 is 10.1 Å². The fourth-order valence-electron chi connectivity index (χ4n) is 3.42. The lowest BCUT2D eigenvalue weighted by Crippen LogP contribution is -2.46. The Morgan fingerprint density at radius 3 is 2.31 bits per heavy atom. The summed E-state index contributed by atoms with van der Waals surface area (Å²) in [6, 6.07) is 18.4. The van der Waals surface area contributed by atoms with Crippen molar-refractivity contribution >= 4 is 29.9 Å². The second-order valence-corrected chi connectivity index (χ2v) is 6.96. The lowest BCUT2D eigenvalue weighted by atomic mass is 10.1. The number of hydrogen-bond donors (Lipinski definition) is 1. The molecule has 0 aliphatic carbocycles. The third kappa shape index (κ3) is 7.51. The molecule has 1 aliphatic heterocycles. The lowest BCUT2D eigenvalue weighted by Gasteiger charge is -2.34. The summed E-state index contributed by atoms with van der Waals surface area (Å²) in [6.45, 7) is 6.17. The SMILES string of the molecule is CCOC1CCN(C(=NC)NCc2ccc(COc3ccccc3)cc2)CC1.I. The van der Waals surface area contributed by atoms with Gasteiger partial charge in [-0.15, -0.1) is 24.0 Å². The number of hydrogen-bond acceptors (Lipinski definition) is 3. The molecule has 0 bridgehead atoms. The molecule has 0 radical (unpaired) electrons. The van der Waals surface area contributed by atoms with E-state index in [0.717, 1.165) is 56.4 Å². The van der Waals surface area contributed by atoms with Crippen LogP contribution in [-0.4, -0.2) is 43.7 Å². The zero-order valence-corrected chi connectivity index (χ0v) is 19.7. The number of guanidine groups is 1. The van der Waals surface area contributed by atoms with E-state index < -0.39 is 0 Å². The molecule has 6 heteroatoms. The summed E-state index contributed by atoms with van der Waals surface area (Å²) < 4.78 is 11.5. The molecule has 1 saturated heterocycles. The van der Waals surface area contributed by atoms with Crippen molar-refractivity contribution in [3.8, 4) is 5.75 Å². The van der Waals surface area contributed by atoms with Crippen molar-refractivity contribution in [3.63, 3.8) is 0 Å². The Hall–Kier alpha value is -1.80. The molecule has 1 N–H and O–H groups in total. The van der Waals surface area contributed by atoms with E-state index in [9.17, 15) is 0 Å². The van der Waals surface area contributed by atoms with E-state index in [1.54, 1.807) is 0 Å². The number of nitrogens with zero attached hydrogens (tertiary/aromatic N) is 2. The molecule has 2 aromatic rings. The van der Waals surface area contributed by atoms with Crippen LogP contribution in [0.5, 0.6) is 5.75 Å². The molecule has 0 spiro atoms. The van der Waals surface area contributed by atoms with E-state index in [1.807, 2.05) is 37.4 Å². The van der Waals surface area contributed by atoms with E-state index in [-0.39, 0.29) is 24.0 Å². The van der Waals surface area contributed by atoms with Crippen LogP contribution in [0, 0.1) is 0 Å². The predicted molar refractivity (Wildman–Crippen MR) is 129 cm³/mol. The van der Waals surface area contributed by atoms with Gasteiger partial charge in [0.2, 0.25) is 0 Å². The molecular weight excluding hydrogens is 477 g/mol. The quantitative estimate of drug-likeness (QED) is 0.340. The molecule has 3 rings (SSSR count). The minimum Gasteiger partial charge on any atom is -0.489 e. The number of rotatable bonds is 7. The first-order valence-corrected chi connectivity index (χ1v) is 10.1. The van der Waals surface area contributed by atoms with E-state index in [0.29, 0.717) is 12.7 Å². The molecule has 1 heterocycles. The minimum absolute atomic E-state index is 0. The van der Waals surface area contributed by atoms with Gasteiger partial charge in [-0.1, -0.05) is 42.5 Å². The smallest absolute Gasteiger partial charge is 0.193 e. The highest BCUT2D eigenvalue weighted by atomic mass is 127. The first kappa shape index (κ1) is 23.5. The van der Waals surface area contributed by atoms with Crippen LogP contribution in [0.4, 0.5) is 0 Å². The number of halogens is 1. The Kier molecular flexibility index (Phi) is 10.3. The van der Waals surface area contributed by atoms with Gasteiger partial charge >= 0.3 is 0 Å². The summed E-state index contributed by atoms with van der Waals surface area (Å²) in [4.78, 5) is 6.77. The number of aliphatic imine (C=N–C) groups is 1. The molecular formula is C23H32IN3O2. The van der Waals surface area contributed by atoms with Crippen molar-refractivity contribution < 1.29 is 9.47 Å². The standard InChI is InChI=1S/C23H31N3O2.HI/c1-3-27-22-13-15-26(16-14-22)23(24-2)25-17-19-9-11-20(12-10-19)18-28-21-7-5-4-6-8-21;/h4-12,22H,3,13-18H2,1-2H3,(H,24,25);1H. The highest BCUT2D eigenvalue weighted by molar-refractivity contribution is 14.0. The van der Waals surface area contributed by atoms with E-state index in [2.05, 4.69) is 46.4 Å². The van der Waals surface area contributed by atoms with Gasteiger partial charge in [-0.25, -0.2) is 0 Å². The van der Waals surface area contributed by atoms with Crippen LogP contribution in [0.2, 0.25) is 0 Å². The monoisotopic (exact) mass is 509 g/mol. The molecule has 0 aromatic heterocycles. The van der Waals surface area contributed by atoms with Crippen LogP contribution >= 0.6 is 24.0 Å². The Balaban J connectivity index is 0.00000300. The van der Waals surface area contributed by atoms with Gasteiger partial charge in [0.25, 0.3) is 0 Å². The Morgan fingerprint density at radius 1 is 1.03 bits per heavy atom. The topological polar surface area (TPSA) is 46.1 Å². The Bertz CT molecular complexity index is 730. The van der Waals surface area contributed by atoms with Crippen LogP contribution in [0.1, 0.15) is 30.9 Å². The fraction of sp³-hybridized carbons (Fsp3) is 0.435. The summed E-state index contributed by atoms with van der Waals surface area (Å²) in [5.74, 6) is 1.86. The number of ether oxygens (including phenoxy) is 2. The van der Waals surface area contributed by atoms with Crippen LogP contribution in [0.15, 0.2) is 59.6 Å². The zero-order valence-electron chi connectivity index (χ0n) is 17.3. The number of piperidine rings is 1. The summed E-state index contributed by atoms with van der Waals surface area (Å²) in [6.07, 6.45) is 2.51. The van der Waals surface area contributed by atoms with Crippen molar-refractivity contribution in [3.05, 3.63) is 65.7 Å². The van der Waals surface area contributed by atoms with Crippen LogP contribution in [0.25, 0.3) is 0 Å². The molecule has 2 aromatic carbocycles. The maximum Gasteiger partial charge on any atom is 0.193 e. The third-order valence-electron chi connectivity index (χ3n) is 4.98. The van der Waals surface area contributed by atoms with Crippen molar-refractivity contribution in [2.45, 2.75) is 39.0 Å². The summed E-state index contributed by atoms with van der Waals surface area (Å²) in [7, 11) is 1.85. The molecule has 0 unspecified atom stereocenters. The second kappa shape index (κ2) is 12.7. The predicted octanol–water partition coefficient (Wildman–Crippen LogP) is 4.46. The van der Waals surface area contributed by atoms with Gasteiger partial charge in [-0.2, -0.15) is 0 Å². The first-order chi connectivity index (χ1) is 13.8. The summed E-state index contributed by atoms with van der Waals surface area (Å²) >= 11 is 0. The normalized spacial score (nSPS) is 15.0. The number of benzene rings is 2. The molecule has 0 amide bonds. The second-order valence-electron chi connectivity index (χ2n) is 6.96. The van der Waals surface area contributed by atoms with E-state index in [1.165, 1.54) is 5.56 Å². The Morgan fingerprint density at radius 2 is 1.69 bits per heavy atom. The summed E-state index contributed by atoms with van der Waals surface area (Å²) in [5.41, 5.74) is 2.39. The largest absolute Gasteiger partial charge is 0.489 e. The zero-order chi connectivity index (χ0) is 19.6. The maximum atomic E-state index is 5.80. The Labute approximate surface area is 191 Å². The number of likely N-dealkylation sites (tertiary alicyclic amines) is 1. The molecule has 5 nitrogen and oxygen atoms in total. The molecule has 29 heavy (non-hydrogen) atoms. The van der Waals surface area contributed by atoms with Crippen molar-refractivity contribution in [1.29, 1.82) is 0 Å². The maximum absolute atomic E-state index is 5.80. The van der Waals surface area contributed by atoms with Gasteiger partial charge in [0.05, 0.1) is 6.10 Å². The van der Waals surface area contributed by atoms with Gasteiger partial charge in [0.15, 0.2) is 5.96 Å². The van der Waals surface area contributed by atoms with Gasteiger partial charge in [0, 0.05) is 33.3 Å². The highest BCUT2D eigenvalue weighted by Gasteiger charge is 2.21. The number of nitrogens with one attached hydrogen (secondary N) is 1. The van der Waals surface area contributed by atoms with Crippen molar-refractivity contribution in [1.82, 2.24) is 10.2 Å². The average Bonchev–Trinajstić information content (AvgIpc) is 2.75. The van der Waals surface area contributed by atoms with Crippen molar-refractivity contribution in [2.75, 3.05) is 26.7 Å². The lowest BCUT2D eigenvalue weighted by molar-refractivity contribution is 0.0263. The van der Waals surface area contributed by atoms with Crippen LogP contribution in [-0.2, 0) is 17.9 Å². The van der Waals surface area contributed by atoms with Gasteiger partial charge in [-0.3, -0.25) is 4.99 Å².